The topological polar surface area (TPSA) is 46.3 Å². The van der Waals surface area contributed by atoms with Crippen LogP contribution in [0.4, 0.5) is 4.39 Å². The van der Waals surface area contributed by atoms with E-state index in [-0.39, 0.29) is 11.6 Å². The molecule has 1 aliphatic rings. The van der Waals surface area contributed by atoms with Crippen LogP contribution >= 0.6 is 23.1 Å². The van der Waals surface area contributed by atoms with Crippen LogP contribution in [0.3, 0.4) is 0 Å². The molecule has 2 aromatic heterocycles. The fourth-order valence-electron chi connectivity index (χ4n) is 4.21. The molecule has 0 aliphatic carbocycles. The number of carbonyl (C=O) groups is 1. The molecular weight excluding hydrogens is 431 g/mol. The first-order chi connectivity index (χ1) is 15.1. The lowest BCUT2D eigenvalue weighted by atomic mass is 9.91. The highest BCUT2D eigenvalue weighted by Gasteiger charge is 2.24. The molecule has 7 heteroatoms. The minimum atomic E-state index is -0.280. The van der Waals surface area contributed by atoms with E-state index in [1.54, 1.807) is 24.3 Å². The third-order valence-electron chi connectivity index (χ3n) is 5.98. The average Bonchev–Trinajstić information content (AvgIpc) is 3.40. The molecule has 31 heavy (non-hydrogen) atoms. The summed E-state index contributed by atoms with van der Waals surface area (Å²) in [4.78, 5) is 14.8. The van der Waals surface area contributed by atoms with Crippen molar-refractivity contribution in [2.75, 3.05) is 25.4 Å². The van der Waals surface area contributed by atoms with Gasteiger partial charge in [0.25, 0.3) is 0 Å². The molecule has 3 aromatic rings. The number of thiophene rings is 1. The van der Waals surface area contributed by atoms with Gasteiger partial charge in [0.05, 0.1) is 14.8 Å². The van der Waals surface area contributed by atoms with Crippen LogP contribution in [0.1, 0.15) is 66.7 Å². The van der Waals surface area contributed by atoms with Gasteiger partial charge in [-0.3, -0.25) is 4.79 Å². The van der Waals surface area contributed by atoms with E-state index in [2.05, 4.69) is 16.1 Å². The van der Waals surface area contributed by atoms with Gasteiger partial charge >= 0.3 is 0 Å². The third-order valence-corrected chi connectivity index (χ3v) is 8.48. The number of fused-ring (bicyclic) bond motifs is 1. The summed E-state index contributed by atoms with van der Waals surface area (Å²) in [5, 5.41) is 5.20. The maximum absolute atomic E-state index is 13.4. The minimum absolute atomic E-state index is 0.158. The number of piperidine rings is 1. The quantitative estimate of drug-likeness (QED) is 0.190. The number of rotatable bonds is 10. The molecule has 4 nitrogen and oxygen atoms in total. The number of hydrogen-bond donors (Lipinski definition) is 0. The van der Waals surface area contributed by atoms with Gasteiger partial charge in [0.2, 0.25) is 0 Å². The Bertz CT molecular complexity index is 1010. The zero-order chi connectivity index (χ0) is 21.6. The van der Waals surface area contributed by atoms with Crippen LogP contribution in [0.15, 0.2) is 39.1 Å². The standard InChI is InChI=1S/C24H29FN2O2S2/c1-17(28)22-8-9-23(31-22)30-15-5-3-2-4-12-27-13-10-18(11-14-27)24-20-7-6-19(25)16-21(20)29-26-24/h6-9,16,18H,2-5,10-15H2,1H3. The first-order valence-electron chi connectivity index (χ1n) is 11.1. The van der Waals surface area contributed by atoms with Gasteiger partial charge in [-0.1, -0.05) is 18.0 Å². The van der Waals surface area contributed by atoms with Gasteiger partial charge in [-0.15, -0.1) is 23.1 Å². The van der Waals surface area contributed by atoms with Crippen molar-refractivity contribution in [3.8, 4) is 0 Å². The summed E-state index contributed by atoms with van der Waals surface area (Å²) < 4.78 is 19.9. The Morgan fingerprint density at radius 3 is 2.77 bits per heavy atom. The number of hydrogen-bond acceptors (Lipinski definition) is 6. The van der Waals surface area contributed by atoms with Crippen molar-refractivity contribution in [1.82, 2.24) is 10.1 Å². The predicted octanol–water partition coefficient (Wildman–Crippen LogP) is 6.76. The average molecular weight is 461 g/mol. The molecule has 1 aromatic carbocycles. The molecule has 0 atom stereocenters. The van der Waals surface area contributed by atoms with Gasteiger partial charge in [-0.05, 0) is 82.3 Å². The summed E-state index contributed by atoms with van der Waals surface area (Å²) in [6.07, 6.45) is 7.16. The van der Waals surface area contributed by atoms with Crippen LogP contribution in [0, 0.1) is 5.82 Å². The fraction of sp³-hybridized carbons (Fsp3) is 0.500. The largest absolute Gasteiger partial charge is 0.356 e. The highest BCUT2D eigenvalue weighted by molar-refractivity contribution is 8.01. The van der Waals surface area contributed by atoms with Crippen molar-refractivity contribution in [3.63, 3.8) is 0 Å². The molecule has 0 unspecified atom stereocenters. The second kappa shape index (κ2) is 10.7. The second-order valence-electron chi connectivity index (χ2n) is 8.26. The van der Waals surface area contributed by atoms with Gasteiger partial charge in [-0.2, -0.15) is 0 Å². The Hall–Kier alpha value is -1.70. The Kier molecular flexibility index (Phi) is 7.80. The van der Waals surface area contributed by atoms with Crippen LogP contribution in [-0.4, -0.2) is 41.2 Å². The lowest BCUT2D eigenvalue weighted by molar-refractivity contribution is 0.102. The predicted molar refractivity (Wildman–Crippen MR) is 126 cm³/mol. The van der Waals surface area contributed by atoms with Gasteiger partial charge in [0.15, 0.2) is 11.4 Å². The molecule has 0 bridgehead atoms. The Labute approximate surface area is 191 Å². The molecule has 0 N–H and O–H groups in total. The highest BCUT2D eigenvalue weighted by atomic mass is 32.2. The number of unbranched alkanes of at least 4 members (excludes halogenated alkanes) is 3. The summed E-state index contributed by atoms with van der Waals surface area (Å²) in [6, 6.07) is 8.70. The number of carbonyl (C=O) groups excluding carboxylic acids is 1. The van der Waals surface area contributed by atoms with Crippen LogP contribution in [0.5, 0.6) is 0 Å². The van der Waals surface area contributed by atoms with E-state index in [0.29, 0.717) is 11.5 Å². The number of nitrogens with zero attached hydrogens (tertiary/aromatic N) is 2. The van der Waals surface area contributed by atoms with Crippen molar-refractivity contribution < 1.29 is 13.7 Å². The molecule has 0 spiro atoms. The van der Waals surface area contributed by atoms with Gasteiger partial charge in [-0.25, -0.2) is 4.39 Å². The van der Waals surface area contributed by atoms with Crippen LogP contribution in [0.2, 0.25) is 0 Å². The summed E-state index contributed by atoms with van der Waals surface area (Å²) >= 11 is 3.47. The molecule has 1 saturated heterocycles. The number of benzene rings is 1. The van der Waals surface area contributed by atoms with Gasteiger partial charge in [0.1, 0.15) is 5.82 Å². The second-order valence-corrected chi connectivity index (χ2v) is 10.7. The summed E-state index contributed by atoms with van der Waals surface area (Å²) in [5.41, 5.74) is 1.54. The van der Waals surface area contributed by atoms with E-state index in [4.69, 9.17) is 4.52 Å². The number of ketones is 1. The zero-order valence-corrected chi connectivity index (χ0v) is 19.6. The third kappa shape index (κ3) is 5.96. The first-order valence-corrected chi connectivity index (χ1v) is 12.9. The maximum Gasteiger partial charge on any atom is 0.170 e. The highest BCUT2D eigenvalue weighted by Crippen LogP contribution is 2.33. The van der Waals surface area contributed by atoms with E-state index in [1.807, 2.05) is 17.8 Å². The molecule has 1 fully saturated rings. The fourth-order valence-corrected chi connectivity index (χ4v) is 6.31. The molecule has 3 heterocycles. The smallest absolute Gasteiger partial charge is 0.170 e. The SMILES string of the molecule is CC(=O)c1ccc(SCCCCCCN2CCC(c3noc4cc(F)ccc34)CC2)s1. The van der Waals surface area contributed by atoms with Gasteiger partial charge < -0.3 is 9.42 Å². The molecule has 166 valence electrons. The van der Waals surface area contributed by atoms with Crippen molar-refractivity contribution in [3.05, 3.63) is 46.7 Å². The normalized spacial score (nSPS) is 15.7. The Morgan fingerprint density at radius 2 is 2.00 bits per heavy atom. The molecule has 4 rings (SSSR count). The molecular formula is C24H29FN2O2S2. The van der Waals surface area contributed by atoms with Gasteiger partial charge in [0, 0.05) is 17.4 Å². The van der Waals surface area contributed by atoms with E-state index in [1.165, 1.54) is 42.0 Å². The first kappa shape index (κ1) is 22.5. The van der Waals surface area contributed by atoms with Crippen LogP contribution in [-0.2, 0) is 0 Å². The molecule has 1 aliphatic heterocycles. The lowest BCUT2D eigenvalue weighted by Crippen LogP contribution is -2.33. The van der Waals surface area contributed by atoms with Crippen molar-refractivity contribution in [2.24, 2.45) is 0 Å². The summed E-state index contributed by atoms with van der Waals surface area (Å²) in [6.45, 7) is 4.97. The van der Waals surface area contributed by atoms with E-state index in [9.17, 15) is 9.18 Å². The lowest BCUT2D eigenvalue weighted by Gasteiger charge is -2.31. The van der Waals surface area contributed by atoms with E-state index >= 15 is 0 Å². The number of likely N-dealkylation sites (tertiary alicyclic amines) is 1. The van der Waals surface area contributed by atoms with E-state index < -0.39 is 0 Å². The number of thioether (sulfide) groups is 1. The minimum Gasteiger partial charge on any atom is -0.356 e. The molecule has 0 amide bonds. The number of halogens is 1. The summed E-state index contributed by atoms with van der Waals surface area (Å²) in [5.74, 6) is 1.40. The molecule has 0 radical (unpaired) electrons. The van der Waals surface area contributed by atoms with Crippen molar-refractivity contribution in [1.29, 1.82) is 0 Å². The Morgan fingerprint density at radius 1 is 1.19 bits per heavy atom. The van der Waals surface area contributed by atoms with Crippen LogP contribution in [0.25, 0.3) is 11.0 Å². The summed E-state index contributed by atoms with van der Waals surface area (Å²) in [7, 11) is 0. The monoisotopic (exact) mass is 460 g/mol. The van der Waals surface area contributed by atoms with Crippen molar-refractivity contribution >= 4 is 39.9 Å². The Balaban J connectivity index is 1.10. The van der Waals surface area contributed by atoms with Crippen molar-refractivity contribution in [2.45, 2.75) is 55.6 Å². The zero-order valence-electron chi connectivity index (χ0n) is 17.9. The number of aromatic nitrogens is 1. The molecule has 0 saturated carbocycles. The maximum atomic E-state index is 13.4. The van der Waals surface area contributed by atoms with E-state index in [0.717, 1.165) is 54.2 Å². The van der Waals surface area contributed by atoms with Crippen LogP contribution < -0.4 is 0 Å². The number of Topliss-reactive ketones (excluding diaryl/α,β-unsaturated/α-hetero) is 1.